The maximum absolute atomic E-state index is 11.2. The zero-order chi connectivity index (χ0) is 31.6. The van der Waals surface area contributed by atoms with Crippen LogP contribution in [0.4, 0.5) is 23.3 Å². The number of anilines is 3. The van der Waals surface area contributed by atoms with E-state index in [0.717, 1.165) is 17.6 Å². The van der Waals surface area contributed by atoms with E-state index in [-0.39, 0.29) is 52.9 Å². The summed E-state index contributed by atoms with van der Waals surface area (Å²) in [6.45, 7) is 16.7. The Morgan fingerprint density at radius 1 is 1.02 bits per heavy atom. The van der Waals surface area contributed by atoms with Crippen LogP contribution >= 0.6 is 0 Å². The van der Waals surface area contributed by atoms with E-state index in [1.54, 1.807) is 30.4 Å². The number of ether oxygens (including phenoxy) is 2. The van der Waals surface area contributed by atoms with E-state index in [2.05, 4.69) is 71.2 Å². The van der Waals surface area contributed by atoms with Gasteiger partial charge in [0.05, 0.1) is 17.6 Å². The fourth-order valence-corrected chi connectivity index (χ4v) is 5.77. The molecule has 2 N–H and O–H groups in total. The van der Waals surface area contributed by atoms with Gasteiger partial charge >= 0.3 is 6.01 Å². The molecule has 0 bridgehead atoms. The number of phenolic OH excluding ortho intramolecular Hbond substituents is 1. The van der Waals surface area contributed by atoms with Crippen LogP contribution in [0.5, 0.6) is 11.8 Å². The number of rotatable bonds is 11. The van der Waals surface area contributed by atoms with E-state index in [1.165, 1.54) is 18.2 Å². The van der Waals surface area contributed by atoms with Crippen LogP contribution in [0.25, 0.3) is 16.7 Å². The van der Waals surface area contributed by atoms with Crippen LogP contribution in [0.15, 0.2) is 61.7 Å². The first-order valence-corrected chi connectivity index (χ1v) is 14.0. The van der Waals surface area contributed by atoms with Gasteiger partial charge in [0.2, 0.25) is 11.9 Å². The van der Waals surface area contributed by atoms with E-state index in [4.69, 9.17) is 14.5 Å². The highest BCUT2D eigenvalue weighted by Gasteiger charge is 2.47. The monoisotopic (exact) mass is 601 g/mol. The average Bonchev–Trinajstić information content (AvgIpc) is 3.37. The van der Waals surface area contributed by atoms with Crippen LogP contribution in [0.3, 0.4) is 0 Å². The van der Waals surface area contributed by atoms with Gasteiger partial charge in [0.1, 0.15) is 29.1 Å². The Hall–Kier alpha value is -5.11. The van der Waals surface area contributed by atoms with Crippen molar-refractivity contribution in [2.75, 3.05) is 23.4 Å². The molecule has 1 aliphatic heterocycles. The number of fused-ring (bicyclic) bond motifs is 1. The maximum Gasteiger partial charge on any atom is 0.323 e. The summed E-state index contributed by atoms with van der Waals surface area (Å²) in [4.78, 5) is 28.0. The molecule has 0 amide bonds. The minimum atomic E-state index is -0.550. The van der Waals surface area contributed by atoms with Crippen molar-refractivity contribution in [3.8, 4) is 17.4 Å². The molecular weight excluding hydrogens is 566 g/mol. The molecule has 0 atom stereocenters. The molecule has 14 heteroatoms. The van der Waals surface area contributed by atoms with E-state index in [1.807, 2.05) is 0 Å². The molecule has 4 aromatic rings. The Labute approximate surface area is 254 Å². The molecule has 1 fully saturated rings. The van der Waals surface area contributed by atoms with E-state index in [9.17, 15) is 15.2 Å². The van der Waals surface area contributed by atoms with Gasteiger partial charge in [0, 0.05) is 28.9 Å². The number of nitrogens with one attached hydrogen (secondary N) is 1. The fourth-order valence-electron chi connectivity index (χ4n) is 5.77. The first-order chi connectivity index (χ1) is 20.9. The lowest BCUT2D eigenvalue weighted by Crippen LogP contribution is -2.63. The highest BCUT2D eigenvalue weighted by molar-refractivity contribution is 5.79. The second-order valence-electron chi connectivity index (χ2n) is 11.7. The molecule has 44 heavy (non-hydrogen) atoms. The summed E-state index contributed by atoms with van der Waals surface area (Å²) < 4.78 is 11.8. The number of nitro groups is 1. The summed E-state index contributed by atoms with van der Waals surface area (Å²) in [5, 5.41) is 33.6. The molecule has 14 nitrogen and oxygen atoms in total. The molecule has 2 aromatic carbocycles. The lowest BCUT2D eigenvalue weighted by atomic mass is 9.78. The third-order valence-corrected chi connectivity index (χ3v) is 7.27. The van der Waals surface area contributed by atoms with Gasteiger partial charge in [-0.25, -0.2) is 0 Å². The van der Waals surface area contributed by atoms with Gasteiger partial charge in [-0.2, -0.15) is 15.0 Å². The van der Waals surface area contributed by atoms with E-state index < -0.39 is 4.92 Å². The van der Waals surface area contributed by atoms with Crippen molar-refractivity contribution in [3.05, 3.63) is 71.8 Å². The Morgan fingerprint density at radius 2 is 1.73 bits per heavy atom. The number of aromatic nitrogens is 6. The number of nitro benzene ring substituents is 1. The van der Waals surface area contributed by atoms with Crippen molar-refractivity contribution in [1.82, 2.24) is 29.9 Å². The minimum Gasteiger partial charge on any atom is -0.506 e. The topological polar surface area (TPSA) is 166 Å². The van der Waals surface area contributed by atoms with Gasteiger partial charge in [-0.15, -0.1) is 21.6 Å². The average molecular weight is 602 g/mol. The third-order valence-electron chi connectivity index (χ3n) is 7.27. The molecule has 1 saturated heterocycles. The molecule has 2 aromatic heterocycles. The number of benzene rings is 2. The van der Waals surface area contributed by atoms with Gasteiger partial charge in [0.25, 0.3) is 5.69 Å². The molecule has 0 radical (unpaired) electrons. The number of nitrogens with zero attached hydrogens (tertiary/aromatic N) is 8. The predicted octanol–water partition coefficient (Wildman–Crippen LogP) is 5.26. The number of phenols is 1. The summed E-state index contributed by atoms with van der Waals surface area (Å²) >= 11 is 0. The molecule has 0 unspecified atom stereocenters. The first-order valence-electron chi connectivity index (χ1n) is 14.0. The van der Waals surface area contributed by atoms with E-state index in [0.29, 0.717) is 29.3 Å². The zero-order valence-corrected chi connectivity index (χ0v) is 25.1. The minimum absolute atomic E-state index is 0.0502. The standard InChI is InChI=1S/C30H35N9O5/c1-7-13-43-21-17-29(3,4)37(30(5,6)18-21)27-32-26(33-28(34-27)44-14-8-2)31-19-9-11-22-23(15-19)36-38(35-22)24-16-20(39(41)42)10-12-25(24)40/h7-12,15-16,21,40H,1-2,13-14,17-18H2,3-6H3,(H,31,32,33,34). The smallest absolute Gasteiger partial charge is 0.323 e. The van der Waals surface area contributed by atoms with Crippen molar-refractivity contribution in [3.63, 3.8) is 0 Å². The number of aromatic hydroxyl groups is 1. The highest BCUT2D eigenvalue weighted by Crippen LogP contribution is 2.42. The molecular formula is C30H35N9O5. The van der Waals surface area contributed by atoms with Crippen molar-refractivity contribution in [1.29, 1.82) is 0 Å². The lowest BCUT2D eigenvalue weighted by molar-refractivity contribution is -0.384. The Balaban J connectivity index is 1.48. The van der Waals surface area contributed by atoms with Crippen molar-refractivity contribution in [2.45, 2.75) is 57.7 Å². The summed E-state index contributed by atoms with van der Waals surface area (Å²) in [6, 6.07) is 9.03. The summed E-state index contributed by atoms with van der Waals surface area (Å²) in [7, 11) is 0. The van der Waals surface area contributed by atoms with Gasteiger partial charge in [-0.1, -0.05) is 18.7 Å². The predicted molar refractivity (Wildman–Crippen MR) is 166 cm³/mol. The molecule has 230 valence electrons. The molecule has 1 aliphatic rings. The van der Waals surface area contributed by atoms with E-state index >= 15 is 0 Å². The number of hydrogen-bond acceptors (Lipinski definition) is 12. The van der Waals surface area contributed by atoms with Crippen LogP contribution in [0.2, 0.25) is 0 Å². The van der Waals surface area contributed by atoms with Gasteiger partial charge < -0.3 is 24.8 Å². The number of piperidine rings is 1. The molecule has 5 rings (SSSR count). The maximum atomic E-state index is 11.2. The largest absolute Gasteiger partial charge is 0.506 e. The van der Waals surface area contributed by atoms with Crippen LogP contribution in [-0.2, 0) is 4.74 Å². The Kier molecular flexibility index (Phi) is 8.19. The van der Waals surface area contributed by atoms with Crippen LogP contribution < -0.4 is 15.0 Å². The van der Waals surface area contributed by atoms with Crippen molar-refractivity contribution < 1.29 is 19.5 Å². The molecule has 0 spiro atoms. The Bertz CT molecular complexity index is 1700. The SMILES string of the molecule is C=CCOc1nc(Nc2ccc3nn(-c4cc([N+](=O)[O-])ccc4O)nc3c2)nc(N2C(C)(C)CC(OCC=C)CC2(C)C)n1. The summed E-state index contributed by atoms with van der Waals surface area (Å²) in [5.41, 5.74) is 0.755. The van der Waals surface area contributed by atoms with Crippen LogP contribution in [0, 0.1) is 10.1 Å². The number of non-ortho nitro benzene ring substituents is 1. The molecule has 0 aliphatic carbocycles. The first kappa shape index (κ1) is 30.4. The summed E-state index contributed by atoms with van der Waals surface area (Å²) in [6.07, 6.45) is 4.94. The second kappa shape index (κ2) is 11.9. The zero-order valence-electron chi connectivity index (χ0n) is 25.1. The fraction of sp³-hybridized carbons (Fsp3) is 0.367. The Morgan fingerprint density at radius 3 is 2.41 bits per heavy atom. The van der Waals surface area contributed by atoms with Gasteiger partial charge in [-0.05, 0) is 64.8 Å². The normalized spacial score (nSPS) is 16.0. The lowest BCUT2D eigenvalue weighted by Gasteiger charge is -2.55. The number of hydrogen-bond donors (Lipinski definition) is 2. The summed E-state index contributed by atoms with van der Waals surface area (Å²) in [5.74, 6) is 0.516. The van der Waals surface area contributed by atoms with Gasteiger partial charge in [0.15, 0.2) is 0 Å². The molecule has 3 heterocycles. The van der Waals surface area contributed by atoms with Crippen molar-refractivity contribution in [2.24, 2.45) is 0 Å². The highest BCUT2D eigenvalue weighted by atomic mass is 16.6. The van der Waals surface area contributed by atoms with Crippen LogP contribution in [0.1, 0.15) is 40.5 Å². The van der Waals surface area contributed by atoms with Gasteiger partial charge in [-0.3, -0.25) is 10.1 Å². The van der Waals surface area contributed by atoms with Crippen molar-refractivity contribution >= 4 is 34.3 Å². The quantitative estimate of drug-likeness (QED) is 0.130. The van der Waals surface area contributed by atoms with Crippen LogP contribution in [-0.4, -0.2) is 70.4 Å². The second-order valence-corrected chi connectivity index (χ2v) is 11.7. The third kappa shape index (κ3) is 6.29. The molecule has 0 saturated carbocycles.